The molecule has 0 spiro atoms. The molecule has 0 radical (unpaired) electrons. The van der Waals surface area contributed by atoms with E-state index in [1.165, 1.54) is 19.3 Å². The molecular weight excluding hydrogens is 188 g/mol. The first-order valence-corrected chi connectivity index (χ1v) is 6.04. The van der Waals surface area contributed by atoms with Gasteiger partial charge in [0.25, 0.3) is 0 Å². The first-order chi connectivity index (χ1) is 7.07. The summed E-state index contributed by atoms with van der Waals surface area (Å²) < 4.78 is 0. The van der Waals surface area contributed by atoms with E-state index in [0.717, 1.165) is 6.54 Å². The fourth-order valence-corrected chi connectivity index (χ4v) is 2.17. The lowest BCUT2D eigenvalue weighted by Crippen LogP contribution is -2.51. The second kappa shape index (κ2) is 5.50. The number of rotatable bonds is 5. The third-order valence-electron chi connectivity index (χ3n) is 3.21. The van der Waals surface area contributed by atoms with Crippen LogP contribution in [0.5, 0.6) is 0 Å². The molecule has 1 unspecified atom stereocenters. The van der Waals surface area contributed by atoms with Crippen LogP contribution in [0.2, 0.25) is 0 Å². The first-order valence-electron chi connectivity index (χ1n) is 6.04. The lowest BCUT2D eigenvalue weighted by molar-refractivity contribution is -0.141. The summed E-state index contributed by atoms with van der Waals surface area (Å²) in [5.41, 5.74) is 0. The Morgan fingerprint density at radius 3 is 2.33 bits per heavy atom. The molecule has 0 aliphatic heterocycles. The molecule has 0 aromatic heterocycles. The van der Waals surface area contributed by atoms with Gasteiger partial charge in [-0.3, -0.25) is 4.79 Å². The molecule has 3 nitrogen and oxygen atoms in total. The summed E-state index contributed by atoms with van der Waals surface area (Å²) in [6.45, 7) is 7.01. The van der Waals surface area contributed by atoms with Crippen LogP contribution in [0, 0.1) is 5.92 Å². The lowest BCUT2D eigenvalue weighted by atomic mass is 9.89. The molecule has 3 heteroatoms. The Kier molecular flexibility index (Phi) is 4.58. The van der Waals surface area contributed by atoms with Gasteiger partial charge in [-0.05, 0) is 40.2 Å². The highest BCUT2D eigenvalue weighted by atomic mass is 16.2. The fourth-order valence-electron chi connectivity index (χ4n) is 2.17. The minimum absolute atomic E-state index is 0.0954. The van der Waals surface area contributed by atoms with Gasteiger partial charge in [-0.2, -0.15) is 0 Å². The number of hydrogen-bond donors (Lipinski definition) is 1. The average molecular weight is 212 g/mol. The van der Waals surface area contributed by atoms with Crippen LogP contribution >= 0.6 is 0 Å². The molecule has 0 aromatic carbocycles. The van der Waals surface area contributed by atoms with E-state index in [1.54, 1.807) is 0 Å². The van der Waals surface area contributed by atoms with Gasteiger partial charge in [0, 0.05) is 24.5 Å². The topological polar surface area (TPSA) is 32.3 Å². The molecule has 1 saturated carbocycles. The fraction of sp³-hybridized carbons (Fsp3) is 0.917. The monoisotopic (exact) mass is 212 g/mol. The molecule has 0 aromatic rings. The molecule has 1 amide bonds. The van der Waals surface area contributed by atoms with Crippen molar-refractivity contribution in [2.45, 2.75) is 52.1 Å². The van der Waals surface area contributed by atoms with Crippen molar-refractivity contribution in [1.29, 1.82) is 0 Å². The number of nitrogens with zero attached hydrogens (tertiary/aromatic N) is 1. The van der Waals surface area contributed by atoms with Crippen molar-refractivity contribution in [3.8, 4) is 0 Å². The minimum Gasteiger partial charge on any atom is -0.337 e. The van der Waals surface area contributed by atoms with Gasteiger partial charge in [-0.1, -0.05) is 6.92 Å². The second-order valence-electron chi connectivity index (χ2n) is 4.88. The summed E-state index contributed by atoms with van der Waals surface area (Å²) in [7, 11) is 1.90. The maximum atomic E-state index is 12.2. The highest BCUT2D eigenvalue weighted by molar-refractivity contribution is 5.79. The Morgan fingerprint density at radius 2 is 2.00 bits per heavy atom. The molecule has 88 valence electrons. The van der Waals surface area contributed by atoms with Gasteiger partial charge in [-0.25, -0.2) is 0 Å². The zero-order valence-corrected chi connectivity index (χ0v) is 10.4. The van der Waals surface area contributed by atoms with Crippen LogP contribution < -0.4 is 5.32 Å². The molecule has 0 saturated heterocycles. The van der Waals surface area contributed by atoms with Crippen LogP contribution in [0.4, 0.5) is 0 Å². The Balaban J connectivity index is 2.58. The van der Waals surface area contributed by atoms with Gasteiger partial charge in [0.05, 0.1) is 0 Å². The van der Waals surface area contributed by atoms with Crippen molar-refractivity contribution in [2.75, 3.05) is 13.6 Å². The summed E-state index contributed by atoms with van der Waals surface area (Å²) in [6, 6.07) is 0.846. The van der Waals surface area contributed by atoms with Crippen LogP contribution in [-0.2, 0) is 4.79 Å². The van der Waals surface area contributed by atoms with E-state index in [1.807, 2.05) is 14.0 Å². The molecule has 0 heterocycles. The molecule has 1 rings (SSSR count). The standard InChI is InChI=1S/C12H24N2O/c1-9(2)14(11-6-5-7-11)12(15)10(3)8-13-4/h9-11,13H,5-8H2,1-4H3. The van der Waals surface area contributed by atoms with Crippen LogP contribution in [0.3, 0.4) is 0 Å². The Labute approximate surface area is 93.2 Å². The molecule has 1 N–H and O–H groups in total. The first kappa shape index (κ1) is 12.5. The van der Waals surface area contributed by atoms with Gasteiger partial charge in [-0.15, -0.1) is 0 Å². The molecule has 1 aliphatic carbocycles. The van der Waals surface area contributed by atoms with E-state index < -0.39 is 0 Å². The van der Waals surface area contributed by atoms with E-state index >= 15 is 0 Å². The van der Waals surface area contributed by atoms with E-state index in [-0.39, 0.29) is 5.92 Å². The highest BCUT2D eigenvalue weighted by Gasteiger charge is 2.32. The van der Waals surface area contributed by atoms with Crippen molar-refractivity contribution < 1.29 is 4.79 Å². The Hall–Kier alpha value is -0.570. The van der Waals surface area contributed by atoms with Gasteiger partial charge in [0.2, 0.25) is 5.91 Å². The normalized spacial score (nSPS) is 18.7. The Bertz CT molecular complexity index is 212. The third-order valence-corrected chi connectivity index (χ3v) is 3.21. The van der Waals surface area contributed by atoms with Gasteiger partial charge in [0.1, 0.15) is 0 Å². The summed E-state index contributed by atoms with van der Waals surface area (Å²) >= 11 is 0. The molecule has 1 fully saturated rings. The maximum absolute atomic E-state index is 12.2. The van der Waals surface area contributed by atoms with Crippen LogP contribution in [0.15, 0.2) is 0 Å². The maximum Gasteiger partial charge on any atom is 0.227 e. The predicted octanol–water partition coefficient (Wildman–Crippen LogP) is 1.63. The predicted molar refractivity (Wildman–Crippen MR) is 62.7 cm³/mol. The number of carbonyl (C=O) groups is 1. The SMILES string of the molecule is CNCC(C)C(=O)N(C(C)C)C1CCC1. The third kappa shape index (κ3) is 2.94. The zero-order chi connectivity index (χ0) is 11.4. The lowest BCUT2D eigenvalue weighted by Gasteiger charge is -2.41. The molecule has 15 heavy (non-hydrogen) atoms. The quantitative estimate of drug-likeness (QED) is 0.751. The van der Waals surface area contributed by atoms with Crippen LogP contribution in [0.1, 0.15) is 40.0 Å². The molecular formula is C12H24N2O. The van der Waals surface area contributed by atoms with E-state index in [0.29, 0.717) is 18.0 Å². The second-order valence-corrected chi connectivity index (χ2v) is 4.88. The van der Waals surface area contributed by atoms with E-state index in [9.17, 15) is 4.79 Å². The smallest absolute Gasteiger partial charge is 0.227 e. The summed E-state index contributed by atoms with van der Waals surface area (Å²) in [4.78, 5) is 14.3. The summed E-state index contributed by atoms with van der Waals surface area (Å²) in [5, 5.41) is 3.07. The van der Waals surface area contributed by atoms with Crippen molar-refractivity contribution >= 4 is 5.91 Å². The minimum atomic E-state index is 0.0954. The summed E-state index contributed by atoms with van der Waals surface area (Å²) in [5.74, 6) is 0.405. The highest BCUT2D eigenvalue weighted by Crippen LogP contribution is 2.27. The van der Waals surface area contributed by atoms with Gasteiger partial charge < -0.3 is 10.2 Å². The molecule has 0 bridgehead atoms. The van der Waals surface area contributed by atoms with E-state index in [2.05, 4.69) is 24.1 Å². The van der Waals surface area contributed by atoms with Crippen molar-refractivity contribution in [3.63, 3.8) is 0 Å². The van der Waals surface area contributed by atoms with E-state index in [4.69, 9.17) is 0 Å². The average Bonchev–Trinajstić information content (AvgIpc) is 2.09. The van der Waals surface area contributed by atoms with Crippen molar-refractivity contribution in [2.24, 2.45) is 5.92 Å². The van der Waals surface area contributed by atoms with Gasteiger partial charge >= 0.3 is 0 Å². The Morgan fingerprint density at radius 1 is 1.40 bits per heavy atom. The zero-order valence-electron chi connectivity index (χ0n) is 10.4. The largest absolute Gasteiger partial charge is 0.337 e. The number of amides is 1. The summed E-state index contributed by atoms with van der Waals surface area (Å²) in [6.07, 6.45) is 3.66. The van der Waals surface area contributed by atoms with Crippen molar-refractivity contribution in [3.05, 3.63) is 0 Å². The van der Waals surface area contributed by atoms with Crippen molar-refractivity contribution in [1.82, 2.24) is 10.2 Å². The van der Waals surface area contributed by atoms with Gasteiger partial charge in [0.15, 0.2) is 0 Å². The van der Waals surface area contributed by atoms with Crippen LogP contribution in [0.25, 0.3) is 0 Å². The van der Waals surface area contributed by atoms with Crippen LogP contribution in [-0.4, -0.2) is 36.5 Å². The molecule has 1 atom stereocenters. The molecule has 1 aliphatic rings. The number of hydrogen-bond acceptors (Lipinski definition) is 2. The number of nitrogens with one attached hydrogen (secondary N) is 1. The number of carbonyl (C=O) groups excluding carboxylic acids is 1.